The molecule has 2 unspecified atom stereocenters. The molecule has 0 aromatic heterocycles. The number of esters is 1. The molecule has 6 nitrogen and oxygen atoms in total. The second-order valence-corrected chi connectivity index (χ2v) is 14.1. The van der Waals surface area contributed by atoms with Crippen molar-refractivity contribution in [3.05, 3.63) is 12.2 Å². The first kappa shape index (κ1) is 47.0. The van der Waals surface area contributed by atoms with E-state index in [1.54, 1.807) is 0 Å². The van der Waals surface area contributed by atoms with Gasteiger partial charge in [-0.15, -0.1) is 0 Å². The molecule has 0 bridgehead atoms. The number of unbranched alkanes of at least 4 members (excludes halogenated alkanes) is 26. The topological polar surface area (TPSA) is 85.2 Å². The minimum atomic E-state index is -0.653. The van der Waals surface area contributed by atoms with Crippen molar-refractivity contribution in [1.29, 1.82) is 0 Å². The molecule has 0 saturated carbocycles. The summed E-state index contributed by atoms with van der Waals surface area (Å²) in [4.78, 5) is 12.2. The minimum Gasteiger partial charge on any atom is -0.463 e. The number of allylic oxidation sites excluding steroid dienone is 2. The first-order valence-electron chi connectivity index (χ1n) is 20.9. The van der Waals surface area contributed by atoms with Crippen molar-refractivity contribution in [2.45, 2.75) is 219 Å². The van der Waals surface area contributed by atoms with Crippen LogP contribution in [0.25, 0.3) is 0 Å². The lowest BCUT2D eigenvalue weighted by atomic mass is 10.0. The standard InChI is InChI=1S/C42H82O6/c1-3-5-7-9-11-13-15-17-19-21-23-25-27-29-31-33-35-46-38-40(36-43)48-41(37-44)39-47-42(45)34-32-30-28-26-24-22-20-18-16-14-12-10-8-6-4-2/h18,20,40-41,43-44H,3-17,19,21-39H2,1-2H3. The molecule has 48 heavy (non-hydrogen) atoms. The van der Waals surface area contributed by atoms with Crippen LogP contribution in [-0.2, 0) is 19.0 Å². The molecule has 0 heterocycles. The second-order valence-electron chi connectivity index (χ2n) is 14.1. The normalized spacial score (nSPS) is 13.0. The molecular formula is C42H82O6. The Balaban J connectivity index is 3.61. The van der Waals surface area contributed by atoms with Crippen LogP contribution >= 0.6 is 0 Å². The average molecular weight is 683 g/mol. The van der Waals surface area contributed by atoms with Gasteiger partial charge in [0, 0.05) is 13.0 Å². The lowest BCUT2D eigenvalue weighted by Gasteiger charge is -2.22. The Hall–Kier alpha value is -0.950. The highest BCUT2D eigenvalue weighted by Crippen LogP contribution is 2.14. The van der Waals surface area contributed by atoms with Gasteiger partial charge in [-0.2, -0.15) is 0 Å². The van der Waals surface area contributed by atoms with E-state index in [4.69, 9.17) is 14.2 Å². The van der Waals surface area contributed by atoms with Crippen molar-refractivity contribution < 1.29 is 29.2 Å². The summed E-state index contributed by atoms with van der Waals surface area (Å²) < 4.78 is 16.8. The lowest BCUT2D eigenvalue weighted by Crippen LogP contribution is -2.35. The quantitative estimate of drug-likeness (QED) is 0.0380. The van der Waals surface area contributed by atoms with Crippen molar-refractivity contribution in [2.75, 3.05) is 33.0 Å². The summed E-state index contributed by atoms with van der Waals surface area (Å²) in [5, 5.41) is 19.4. The molecule has 6 heteroatoms. The number of carbonyl (C=O) groups excluding carboxylic acids is 1. The Morgan fingerprint density at radius 3 is 1.31 bits per heavy atom. The van der Waals surface area contributed by atoms with Crippen LogP contribution in [0, 0.1) is 0 Å². The van der Waals surface area contributed by atoms with Gasteiger partial charge in [-0.25, -0.2) is 0 Å². The molecule has 0 aromatic carbocycles. The van der Waals surface area contributed by atoms with Gasteiger partial charge in [0.2, 0.25) is 0 Å². The Labute approximate surface area is 298 Å². The molecule has 2 N–H and O–H groups in total. The molecule has 0 aliphatic carbocycles. The highest BCUT2D eigenvalue weighted by Gasteiger charge is 2.18. The number of hydrogen-bond acceptors (Lipinski definition) is 6. The Kier molecular flexibility index (Phi) is 39.7. The molecule has 0 aromatic rings. The number of aliphatic hydroxyl groups excluding tert-OH is 2. The largest absolute Gasteiger partial charge is 0.463 e. The van der Waals surface area contributed by atoms with E-state index in [9.17, 15) is 15.0 Å². The molecule has 0 saturated heterocycles. The predicted octanol–water partition coefficient (Wildman–Crippen LogP) is 11.6. The van der Waals surface area contributed by atoms with Gasteiger partial charge in [-0.3, -0.25) is 4.79 Å². The summed E-state index contributed by atoms with van der Waals surface area (Å²) in [6, 6.07) is 0. The van der Waals surface area contributed by atoms with Gasteiger partial charge in [0.05, 0.1) is 19.8 Å². The van der Waals surface area contributed by atoms with Crippen LogP contribution in [0.5, 0.6) is 0 Å². The van der Waals surface area contributed by atoms with Crippen LogP contribution in [0.1, 0.15) is 206 Å². The van der Waals surface area contributed by atoms with E-state index < -0.39 is 12.2 Å². The molecular weight excluding hydrogens is 600 g/mol. The third-order valence-electron chi connectivity index (χ3n) is 9.31. The molecule has 2 atom stereocenters. The highest BCUT2D eigenvalue weighted by molar-refractivity contribution is 5.69. The summed E-state index contributed by atoms with van der Waals surface area (Å²) in [5.41, 5.74) is 0. The molecule has 0 fully saturated rings. The minimum absolute atomic E-state index is 0.00394. The van der Waals surface area contributed by atoms with Crippen LogP contribution < -0.4 is 0 Å². The van der Waals surface area contributed by atoms with Crippen molar-refractivity contribution in [3.63, 3.8) is 0 Å². The third kappa shape index (κ3) is 36.3. The summed E-state index contributed by atoms with van der Waals surface area (Å²) in [6.45, 7) is 4.99. The van der Waals surface area contributed by atoms with E-state index in [2.05, 4.69) is 26.0 Å². The van der Waals surface area contributed by atoms with E-state index in [1.807, 2.05) is 0 Å². The fourth-order valence-electron chi connectivity index (χ4n) is 6.11. The molecule has 286 valence electrons. The van der Waals surface area contributed by atoms with E-state index in [0.717, 1.165) is 38.5 Å². The van der Waals surface area contributed by atoms with Gasteiger partial charge in [-0.1, -0.05) is 174 Å². The molecule has 0 aliphatic heterocycles. The summed E-state index contributed by atoms with van der Waals surface area (Å²) in [6.07, 6.45) is 41.2. The molecule has 0 rings (SSSR count). The van der Waals surface area contributed by atoms with Crippen LogP contribution in [0.2, 0.25) is 0 Å². The monoisotopic (exact) mass is 683 g/mol. The number of ether oxygens (including phenoxy) is 3. The zero-order valence-corrected chi connectivity index (χ0v) is 32.1. The number of hydrogen-bond donors (Lipinski definition) is 2. The third-order valence-corrected chi connectivity index (χ3v) is 9.31. The van der Waals surface area contributed by atoms with E-state index >= 15 is 0 Å². The van der Waals surface area contributed by atoms with E-state index in [1.165, 1.54) is 148 Å². The zero-order chi connectivity index (χ0) is 35.0. The van der Waals surface area contributed by atoms with Crippen molar-refractivity contribution in [3.8, 4) is 0 Å². The Bertz CT molecular complexity index is 654. The number of aliphatic hydroxyl groups is 2. The average Bonchev–Trinajstić information content (AvgIpc) is 3.10. The maximum Gasteiger partial charge on any atom is 0.305 e. The van der Waals surface area contributed by atoms with Crippen LogP contribution in [0.3, 0.4) is 0 Å². The maximum absolute atomic E-state index is 12.2. The van der Waals surface area contributed by atoms with Crippen LogP contribution in [0.4, 0.5) is 0 Å². The number of carbonyl (C=O) groups is 1. The van der Waals surface area contributed by atoms with Crippen LogP contribution in [-0.4, -0.2) is 61.4 Å². The first-order chi connectivity index (χ1) is 23.7. The molecule has 0 radical (unpaired) electrons. The summed E-state index contributed by atoms with van der Waals surface area (Å²) in [5.74, 6) is -0.255. The fraction of sp³-hybridized carbons (Fsp3) is 0.929. The molecule has 0 amide bonds. The van der Waals surface area contributed by atoms with Crippen molar-refractivity contribution in [1.82, 2.24) is 0 Å². The Morgan fingerprint density at radius 2 is 0.875 bits per heavy atom. The van der Waals surface area contributed by atoms with Gasteiger partial charge >= 0.3 is 5.97 Å². The highest BCUT2D eigenvalue weighted by atomic mass is 16.6. The van der Waals surface area contributed by atoms with Crippen molar-refractivity contribution >= 4 is 5.97 Å². The number of rotatable bonds is 40. The lowest BCUT2D eigenvalue weighted by molar-refractivity contribution is -0.154. The van der Waals surface area contributed by atoms with Gasteiger partial charge < -0.3 is 24.4 Å². The van der Waals surface area contributed by atoms with Crippen LogP contribution in [0.15, 0.2) is 12.2 Å². The smallest absolute Gasteiger partial charge is 0.305 e. The van der Waals surface area contributed by atoms with E-state index in [-0.39, 0.29) is 32.4 Å². The molecule has 0 aliphatic rings. The van der Waals surface area contributed by atoms with Crippen molar-refractivity contribution in [2.24, 2.45) is 0 Å². The maximum atomic E-state index is 12.2. The SMILES string of the molecule is CCCCCCCCC=CCCCCCCCC(=O)OCC(CO)OC(CO)COCCCCCCCCCCCCCCCCCC. The Morgan fingerprint density at radius 1 is 0.500 bits per heavy atom. The molecule has 0 spiro atoms. The van der Waals surface area contributed by atoms with Gasteiger partial charge in [-0.05, 0) is 38.5 Å². The zero-order valence-electron chi connectivity index (χ0n) is 32.1. The second kappa shape index (κ2) is 40.5. The predicted molar refractivity (Wildman–Crippen MR) is 204 cm³/mol. The summed E-state index contributed by atoms with van der Waals surface area (Å²) >= 11 is 0. The van der Waals surface area contributed by atoms with Gasteiger partial charge in [0.15, 0.2) is 0 Å². The first-order valence-corrected chi connectivity index (χ1v) is 20.9. The van der Waals surface area contributed by atoms with E-state index in [0.29, 0.717) is 13.0 Å². The fourth-order valence-corrected chi connectivity index (χ4v) is 6.11. The summed E-state index contributed by atoms with van der Waals surface area (Å²) in [7, 11) is 0. The van der Waals surface area contributed by atoms with Gasteiger partial charge in [0.1, 0.15) is 18.8 Å². The van der Waals surface area contributed by atoms with Gasteiger partial charge in [0.25, 0.3) is 0 Å².